The van der Waals surface area contributed by atoms with Gasteiger partial charge in [-0.1, -0.05) is 36.4 Å². The van der Waals surface area contributed by atoms with Gasteiger partial charge in [0, 0.05) is 13.0 Å². The molecule has 1 radical (unpaired) electrons. The maximum absolute atomic E-state index is 12.2. The van der Waals surface area contributed by atoms with Crippen molar-refractivity contribution in [2.45, 2.75) is 24.3 Å². The highest BCUT2D eigenvalue weighted by Gasteiger charge is 2.30. The van der Waals surface area contributed by atoms with E-state index in [2.05, 4.69) is 11.8 Å². The third-order valence-electron chi connectivity index (χ3n) is 4.32. The van der Waals surface area contributed by atoms with Gasteiger partial charge in [0.15, 0.2) is 9.84 Å². The summed E-state index contributed by atoms with van der Waals surface area (Å²) in [6.45, 7) is 2.54. The molecule has 0 saturated heterocycles. The Morgan fingerprint density at radius 1 is 1.13 bits per heavy atom. The summed E-state index contributed by atoms with van der Waals surface area (Å²) in [5.41, 5.74) is 2.78. The van der Waals surface area contributed by atoms with Crippen LogP contribution >= 0.6 is 0 Å². The van der Waals surface area contributed by atoms with E-state index in [1.165, 1.54) is 0 Å². The van der Waals surface area contributed by atoms with Crippen molar-refractivity contribution < 1.29 is 13.2 Å². The van der Waals surface area contributed by atoms with Gasteiger partial charge < -0.3 is 4.90 Å². The van der Waals surface area contributed by atoms with Gasteiger partial charge in [0.2, 0.25) is 6.29 Å². The Labute approximate surface area is 136 Å². The minimum Gasteiger partial charge on any atom is -0.363 e. The van der Waals surface area contributed by atoms with Gasteiger partial charge in [-0.3, -0.25) is 4.79 Å². The fourth-order valence-electron chi connectivity index (χ4n) is 2.99. The lowest BCUT2D eigenvalue weighted by molar-refractivity contribution is 0.555. The molecule has 1 atom stereocenters. The highest BCUT2D eigenvalue weighted by molar-refractivity contribution is 7.91. The Hall–Kier alpha value is -2.14. The van der Waals surface area contributed by atoms with Gasteiger partial charge in [-0.25, -0.2) is 8.42 Å². The van der Waals surface area contributed by atoms with Crippen molar-refractivity contribution in [2.24, 2.45) is 0 Å². The van der Waals surface area contributed by atoms with E-state index in [-0.39, 0.29) is 11.8 Å². The first-order valence-corrected chi connectivity index (χ1v) is 9.20. The summed E-state index contributed by atoms with van der Waals surface area (Å²) >= 11 is 0. The molecular formula is C18H18NO3S. The number of hydrogen-bond donors (Lipinski definition) is 0. The summed E-state index contributed by atoms with van der Waals surface area (Å²) in [6.07, 6.45) is 2.18. The van der Waals surface area contributed by atoms with Crippen LogP contribution in [-0.4, -0.2) is 27.0 Å². The van der Waals surface area contributed by atoms with E-state index in [1.54, 1.807) is 12.1 Å². The van der Waals surface area contributed by atoms with Crippen LogP contribution in [0.1, 0.15) is 24.1 Å². The topological polar surface area (TPSA) is 54.5 Å². The van der Waals surface area contributed by atoms with Crippen molar-refractivity contribution in [3.05, 3.63) is 59.7 Å². The standard InChI is InChI=1S/C18H18NO3S/c1-14(16-8-6-15(7-9-16)10-12-20)19-11-13-23(21,22)18-5-3-2-4-17(18)19/h2-9,14H,10-11,13H2,1H3. The van der Waals surface area contributed by atoms with E-state index >= 15 is 0 Å². The zero-order valence-electron chi connectivity index (χ0n) is 12.9. The fourth-order valence-corrected chi connectivity index (χ4v) is 4.43. The highest BCUT2D eigenvalue weighted by Crippen LogP contribution is 2.35. The molecule has 1 aliphatic heterocycles. The van der Waals surface area contributed by atoms with E-state index in [4.69, 9.17) is 0 Å². The van der Waals surface area contributed by atoms with Gasteiger partial charge in [-0.15, -0.1) is 0 Å². The summed E-state index contributed by atoms with van der Waals surface area (Å²) in [7, 11) is -3.19. The van der Waals surface area contributed by atoms with Crippen LogP contribution < -0.4 is 4.90 Å². The first-order valence-electron chi connectivity index (χ1n) is 7.55. The van der Waals surface area contributed by atoms with E-state index in [0.29, 0.717) is 17.9 Å². The van der Waals surface area contributed by atoms with Gasteiger partial charge >= 0.3 is 0 Å². The minimum absolute atomic E-state index is 0.0564. The lowest BCUT2D eigenvalue weighted by Gasteiger charge is -2.36. The first kappa shape index (κ1) is 15.7. The second-order valence-electron chi connectivity index (χ2n) is 5.72. The summed E-state index contributed by atoms with van der Waals surface area (Å²) in [4.78, 5) is 13.0. The van der Waals surface area contributed by atoms with Gasteiger partial charge in [-0.05, 0) is 30.2 Å². The van der Waals surface area contributed by atoms with Gasteiger partial charge in [-0.2, -0.15) is 0 Å². The molecule has 0 amide bonds. The molecule has 2 aromatic rings. The number of fused-ring (bicyclic) bond motifs is 1. The highest BCUT2D eigenvalue weighted by atomic mass is 32.2. The molecule has 0 spiro atoms. The molecule has 4 nitrogen and oxygen atoms in total. The van der Waals surface area contributed by atoms with Crippen molar-refractivity contribution in [1.82, 2.24) is 0 Å². The second kappa shape index (κ2) is 6.16. The third kappa shape index (κ3) is 3.01. The Morgan fingerprint density at radius 3 is 2.52 bits per heavy atom. The van der Waals surface area contributed by atoms with Crippen LogP contribution in [0.3, 0.4) is 0 Å². The zero-order valence-corrected chi connectivity index (χ0v) is 13.7. The number of para-hydroxylation sites is 1. The van der Waals surface area contributed by atoms with Crippen LogP contribution in [0.15, 0.2) is 53.4 Å². The molecule has 1 heterocycles. The molecule has 1 aliphatic rings. The molecule has 0 saturated carbocycles. The number of rotatable bonds is 4. The molecule has 3 rings (SSSR count). The van der Waals surface area contributed by atoms with E-state index in [1.807, 2.05) is 42.7 Å². The largest absolute Gasteiger partial charge is 0.363 e. The van der Waals surface area contributed by atoms with E-state index in [9.17, 15) is 13.2 Å². The summed E-state index contributed by atoms with van der Waals surface area (Å²) in [6, 6.07) is 15.0. The van der Waals surface area contributed by atoms with Crippen LogP contribution in [0.4, 0.5) is 5.69 Å². The van der Waals surface area contributed by atoms with Crippen molar-refractivity contribution in [1.29, 1.82) is 0 Å². The Bertz CT molecular complexity index is 812. The summed E-state index contributed by atoms with van der Waals surface area (Å²) < 4.78 is 24.5. The van der Waals surface area contributed by atoms with Gasteiger partial charge in [0.05, 0.1) is 22.4 Å². The second-order valence-corrected chi connectivity index (χ2v) is 7.80. The maximum Gasteiger partial charge on any atom is 0.203 e. The van der Waals surface area contributed by atoms with Crippen LogP contribution in [0, 0.1) is 0 Å². The fraction of sp³-hybridized carbons (Fsp3) is 0.278. The third-order valence-corrected chi connectivity index (χ3v) is 6.05. The number of anilines is 1. The molecule has 5 heteroatoms. The van der Waals surface area contributed by atoms with Crippen LogP contribution in [0.5, 0.6) is 0 Å². The molecule has 2 aromatic carbocycles. The van der Waals surface area contributed by atoms with Crippen LogP contribution in [-0.2, 0) is 21.1 Å². The number of hydrogen-bond acceptors (Lipinski definition) is 4. The predicted octanol–water partition coefficient (Wildman–Crippen LogP) is 2.69. The first-order chi connectivity index (χ1) is 11.0. The molecule has 0 bridgehead atoms. The average Bonchev–Trinajstić information content (AvgIpc) is 2.56. The normalized spacial score (nSPS) is 17.3. The number of sulfone groups is 1. The quantitative estimate of drug-likeness (QED) is 0.866. The molecule has 1 unspecified atom stereocenters. The van der Waals surface area contributed by atoms with E-state index < -0.39 is 9.84 Å². The molecule has 0 aliphatic carbocycles. The Kier molecular flexibility index (Phi) is 4.22. The lowest BCUT2D eigenvalue weighted by atomic mass is 10.0. The SMILES string of the molecule is CC(c1ccc(C[C]=O)cc1)N1CCS(=O)(=O)c2ccccc21. The summed E-state index contributed by atoms with van der Waals surface area (Å²) in [5, 5.41) is 0. The minimum atomic E-state index is -3.19. The van der Waals surface area contributed by atoms with Crippen LogP contribution in [0.2, 0.25) is 0 Å². The Balaban J connectivity index is 1.94. The molecule has 119 valence electrons. The number of carbonyl (C=O) groups excluding carboxylic acids is 1. The summed E-state index contributed by atoms with van der Waals surface area (Å²) in [5.74, 6) is 0.131. The molecule has 0 N–H and O–H groups in total. The monoisotopic (exact) mass is 328 g/mol. The van der Waals surface area contributed by atoms with E-state index in [0.717, 1.165) is 16.8 Å². The number of nitrogens with zero attached hydrogens (tertiary/aromatic N) is 1. The molecule has 23 heavy (non-hydrogen) atoms. The van der Waals surface area contributed by atoms with Crippen molar-refractivity contribution in [3.63, 3.8) is 0 Å². The Morgan fingerprint density at radius 2 is 1.83 bits per heavy atom. The van der Waals surface area contributed by atoms with Gasteiger partial charge in [0.25, 0.3) is 0 Å². The smallest absolute Gasteiger partial charge is 0.203 e. The van der Waals surface area contributed by atoms with Gasteiger partial charge in [0.1, 0.15) is 0 Å². The predicted molar refractivity (Wildman–Crippen MR) is 90.1 cm³/mol. The van der Waals surface area contributed by atoms with Crippen molar-refractivity contribution >= 4 is 21.8 Å². The van der Waals surface area contributed by atoms with Crippen molar-refractivity contribution in [2.75, 3.05) is 17.2 Å². The molecule has 0 aromatic heterocycles. The van der Waals surface area contributed by atoms with Crippen molar-refractivity contribution in [3.8, 4) is 0 Å². The lowest BCUT2D eigenvalue weighted by Crippen LogP contribution is -2.37. The zero-order chi connectivity index (χ0) is 16.4. The van der Waals surface area contributed by atoms with Crippen LogP contribution in [0.25, 0.3) is 0 Å². The average molecular weight is 328 g/mol. The molecule has 0 fully saturated rings. The molecular weight excluding hydrogens is 310 g/mol. The maximum atomic E-state index is 12.2. The number of benzene rings is 2.